The number of hydrogen-bond acceptors (Lipinski definition) is 4. The zero-order chi connectivity index (χ0) is 13.6. The maximum absolute atomic E-state index is 10.2. The smallest absolute Gasteiger partial charge is 0.141 e. The Kier molecular flexibility index (Phi) is 2.82. The third-order valence-electron chi connectivity index (χ3n) is 3.67. The lowest BCUT2D eigenvalue weighted by atomic mass is 9.97. The molecular weight excluding hydrogens is 242 g/mol. The van der Waals surface area contributed by atoms with Gasteiger partial charge in [0.2, 0.25) is 0 Å². The maximum atomic E-state index is 10.2. The Morgan fingerprint density at radius 1 is 1.26 bits per heavy atom. The van der Waals surface area contributed by atoms with Crippen molar-refractivity contribution in [2.24, 2.45) is 5.92 Å². The van der Waals surface area contributed by atoms with Crippen molar-refractivity contribution >= 4 is 0 Å². The fourth-order valence-corrected chi connectivity index (χ4v) is 2.53. The topological polar surface area (TPSA) is 66.5 Å². The summed E-state index contributed by atoms with van der Waals surface area (Å²) in [6.07, 6.45) is 1.61. The van der Waals surface area contributed by atoms with Gasteiger partial charge in [-0.1, -0.05) is 5.16 Å². The number of phenolic OH excluding ortho intramolecular Hbond substituents is 1. The molecule has 1 atom stereocenters. The molecule has 100 valence electrons. The number of aliphatic hydroxyl groups is 1. The molecule has 4 heteroatoms. The Morgan fingerprint density at radius 2 is 2.00 bits per heavy atom. The van der Waals surface area contributed by atoms with Gasteiger partial charge in [0.1, 0.15) is 11.5 Å². The van der Waals surface area contributed by atoms with Crippen LogP contribution in [0.3, 0.4) is 0 Å². The number of rotatable bonds is 3. The minimum absolute atomic E-state index is 0.159. The van der Waals surface area contributed by atoms with Crippen LogP contribution in [0, 0.1) is 19.8 Å². The minimum atomic E-state index is -0.494. The summed E-state index contributed by atoms with van der Waals surface area (Å²) in [5.41, 5.74) is 3.28. The summed E-state index contributed by atoms with van der Waals surface area (Å²) >= 11 is 0. The van der Waals surface area contributed by atoms with Crippen LogP contribution in [0.2, 0.25) is 0 Å². The first kappa shape index (κ1) is 12.2. The van der Waals surface area contributed by atoms with Crippen molar-refractivity contribution in [1.82, 2.24) is 5.16 Å². The molecule has 2 aromatic rings. The molecule has 0 saturated heterocycles. The van der Waals surface area contributed by atoms with Crippen molar-refractivity contribution in [2.45, 2.75) is 32.8 Å². The van der Waals surface area contributed by atoms with E-state index >= 15 is 0 Å². The Labute approximate surface area is 111 Å². The van der Waals surface area contributed by atoms with Crippen LogP contribution in [-0.4, -0.2) is 15.4 Å². The molecule has 1 heterocycles. The van der Waals surface area contributed by atoms with Crippen molar-refractivity contribution in [1.29, 1.82) is 0 Å². The molecule has 1 aliphatic rings. The van der Waals surface area contributed by atoms with E-state index in [9.17, 15) is 10.2 Å². The predicted molar refractivity (Wildman–Crippen MR) is 70.8 cm³/mol. The Hall–Kier alpha value is -1.81. The third-order valence-corrected chi connectivity index (χ3v) is 3.67. The highest BCUT2D eigenvalue weighted by Crippen LogP contribution is 2.42. The van der Waals surface area contributed by atoms with E-state index in [0.717, 1.165) is 41.0 Å². The maximum Gasteiger partial charge on any atom is 0.141 e. The fraction of sp³-hybridized carbons (Fsp3) is 0.400. The van der Waals surface area contributed by atoms with Crippen LogP contribution < -0.4 is 0 Å². The van der Waals surface area contributed by atoms with E-state index in [-0.39, 0.29) is 5.75 Å². The molecule has 0 aliphatic heterocycles. The second-order valence-corrected chi connectivity index (χ2v) is 5.29. The molecule has 19 heavy (non-hydrogen) atoms. The van der Waals surface area contributed by atoms with Crippen LogP contribution >= 0.6 is 0 Å². The number of aliphatic hydroxyl groups excluding tert-OH is 1. The van der Waals surface area contributed by atoms with Gasteiger partial charge in [-0.05, 0) is 61.9 Å². The number of aromatic hydroxyl groups is 1. The highest BCUT2D eigenvalue weighted by Gasteiger charge is 2.31. The summed E-state index contributed by atoms with van der Waals surface area (Å²) in [6.45, 7) is 3.71. The average Bonchev–Trinajstić information content (AvgIpc) is 3.14. The molecule has 0 unspecified atom stereocenters. The van der Waals surface area contributed by atoms with Crippen molar-refractivity contribution in [2.75, 3.05) is 0 Å². The summed E-state index contributed by atoms with van der Waals surface area (Å²) in [6, 6.07) is 5.22. The largest absolute Gasteiger partial charge is 0.508 e. The normalized spacial score (nSPS) is 16.6. The average molecular weight is 259 g/mol. The minimum Gasteiger partial charge on any atom is -0.508 e. The summed E-state index contributed by atoms with van der Waals surface area (Å²) < 4.78 is 5.16. The second kappa shape index (κ2) is 4.38. The molecule has 4 nitrogen and oxygen atoms in total. The molecule has 1 aromatic carbocycles. The van der Waals surface area contributed by atoms with Crippen LogP contribution in [0.25, 0.3) is 11.1 Å². The number of aromatic nitrogens is 1. The van der Waals surface area contributed by atoms with Crippen LogP contribution in [0.15, 0.2) is 22.7 Å². The van der Waals surface area contributed by atoms with E-state index in [4.69, 9.17) is 4.52 Å². The predicted octanol–water partition coefficient (Wildman–Crippen LogP) is 3.11. The van der Waals surface area contributed by atoms with Gasteiger partial charge in [0.05, 0.1) is 11.8 Å². The van der Waals surface area contributed by atoms with Gasteiger partial charge in [-0.15, -0.1) is 0 Å². The van der Waals surface area contributed by atoms with E-state index in [0.29, 0.717) is 5.92 Å². The highest BCUT2D eigenvalue weighted by atomic mass is 16.5. The van der Waals surface area contributed by atoms with Gasteiger partial charge in [-0.2, -0.15) is 0 Å². The van der Waals surface area contributed by atoms with E-state index < -0.39 is 6.10 Å². The summed E-state index contributed by atoms with van der Waals surface area (Å²) in [4.78, 5) is 0. The number of hydrogen-bond donors (Lipinski definition) is 2. The lowest BCUT2D eigenvalue weighted by Gasteiger charge is -2.12. The molecule has 1 fully saturated rings. The van der Waals surface area contributed by atoms with E-state index in [2.05, 4.69) is 5.16 Å². The number of nitrogens with zero attached hydrogens (tertiary/aromatic N) is 1. The molecule has 1 aliphatic carbocycles. The summed E-state index contributed by atoms with van der Waals surface area (Å²) in [5, 5.41) is 24.0. The Morgan fingerprint density at radius 3 is 2.58 bits per heavy atom. The van der Waals surface area contributed by atoms with Gasteiger partial charge in [0, 0.05) is 5.56 Å². The number of benzene rings is 1. The van der Waals surface area contributed by atoms with Crippen molar-refractivity contribution < 1.29 is 14.7 Å². The van der Waals surface area contributed by atoms with Gasteiger partial charge in [0.15, 0.2) is 0 Å². The molecule has 1 saturated carbocycles. The van der Waals surface area contributed by atoms with Gasteiger partial charge >= 0.3 is 0 Å². The van der Waals surface area contributed by atoms with Crippen LogP contribution in [0.4, 0.5) is 0 Å². The number of phenols is 1. The molecule has 0 amide bonds. The first-order valence-corrected chi connectivity index (χ1v) is 6.51. The van der Waals surface area contributed by atoms with E-state index in [1.54, 1.807) is 12.1 Å². The summed E-state index contributed by atoms with van der Waals surface area (Å²) in [5.74, 6) is 1.21. The molecule has 0 bridgehead atoms. The van der Waals surface area contributed by atoms with E-state index in [1.807, 2.05) is 19.9 Å². The third kappa shape index (κ3) is 2.24. The van der Waals surface area contributed by atoms with Crippen molar-refractivity contribution in [3.05, 3.63) is 35.2 Å². The first-order valence-electron chi connectivity index (χ1n) is 6.51. The fourth-order valence-electron chi connectivity index (χ4n) is 2.53. The van der Waals surface area contributed by atoms with E-state index in [1.165, 1.54) is 0 Å². The molecule has 2 N–H and O–H groups in total. The van der Waals surface area contributed by atoms with Gasteiger partial charge in [0.25, 0.3) is 0 Å². The lowest BCUT2D eigenvalue weighted by Crippen LogP contribution is -1.99. The standard InChI is InChI=1S/C15H17NO3/c1-8-14(9(2)19-16-8)11-5-12(7-13(17)6-11)15(18)10-3-4-10/h5-7,10,15,17-18H,3-4H2,1-2H3/t15-/m1/s1. The van der Waals surface area contributed by atoms with Crippen LogP contribution in [-0.2, 0) is 0 Å². The van der Waals surface area contributed by atoms with Gasteiger partial charge < -0.3 is 14.7 Å². The molecule has 3 rings (SSSR count). The van der Waals surface area contributed by atoms with Gasteiger partial charge in [-0.25, -0.2) is 0 Å². The first-order chi connectivity index (χ1) is 9.06. The Balaban J connectivity index is 2.07. The molecular formula is C15H17NO3. The quantitative estimate of drug-likeness (QED) is 0.888. The van der Waals surface area contributed by atoms with Gasteiger partial charge in [-0.3, -0.25) is 0 Å². The summed E-state index contributed by atoms with van der Waals surface area (Å²) in [7, 11) is 0. The lowest BCUT2D eigenvalue weighted by molar-refractivity contribution is 0.153. The number of aryl methyl sites for hydroxylation is 2. The zero-order valence-electron chi connectivity index (χ0n) is 11.1. The van der Waals surface area contributed by atoms with Crippen molar-refractivity contribution in [3.63, 3.8) is 0 Å². The van der Waals surface area contributed by atoms with Crippen LogP contribution in [0.5, 0.6) is 5.75 Å². The second-order valence-electron chi connectivity index (χ2n) is 5.29. The zero-order valence-corrected chi connectivity index (χ0v) is 11.1. The SMILES string of the molecule is Cc1noc(C)c1-c1cc(O)cc([C@H](O)C2CC2)c1. The Bertz CT molecular complexity index is 594. The van der Waals surface area contributed by atoms with Crippen molar-refractivity contribution in [3.8, 4) is 16.9 Å². The molecule has 0 spiro atoms. The monoisotopic (exact) mass is 259 g/mol. The highest BCUT2D eigenvalue weighted by molar-refractivity contribution is 5.69. The molecule has 1 aromatic heterocycles. The van der Waals surface area contributed by atoms with Crippen LogP contribution in [0.1, 0.15) is 36.0 Å². The molecule has 0 radical (unpaired) electrons.